The molecule has 0 N–H and O–H groups in total. The van der Waals surface area contributed by atoms with Gasteiger partial charge >= 0.3 is 0 Å². The van der Waals surface area contributed by atoms with Crippen LogP contribution in [0.1, 0.15) is 22.6 Å². The first-order valence-electron chi connectivity index (χ1n) is 12.1. The molecule has 182 valence electrons. The van der Waals surface area contributed by atoms with E-state index in [9.17, 15) is 0 Å². The highest BCUT2D eigenvalue weighted by atomic mass is 16.5. The van der Waals surface area contributed by atoms with Gasteiger partial charge in [0.15, 0.2) is 0 Å². The van der Waals surface area contributed by atoms with E-state index in [4.69, 9.17) is 23.4 Å². The minimum Gasteiger partial charge on any atom is -0.497 e. The van der Waals surface area contributed by atoms with Crippen LogP contribution in [0.25, 0.3) is 21.9 Å². The number of methoxy groups -OCH3 is 3. The maximum Gasteiger partial charge on any atom is 0.135 e. The molecule has 5 heteroatoms. The van der Waals surface area contributed by atoms with Crippen molar-refractivity contribution in [1.29, 1.82) is 0 Å². The van der Waals surface area contributed by atoms with Gasteiger partial charge in [-0.1, -0.05) is 36.4 Å². The third-order valence-electron chi connectivity index (χ3n) is 7.14. The van der Waals surface area contributed by atoms with E-state index in [1.807, 2.05) is 42.5 Å². The quantitative estimate of drug-likeness (QED) is 0.263. The molecule has 4 aromatic carbocycles. The molecule has 5 nitrogen and oxygen atoms in total. The zero-order chi connectivity index (χ0) is 24.6. The molecule has 2 atom stereocenters. The highest BCUT2D eigenvalue weighted by molar-refractivity contribution is 6.05. The van der Waals surface area contributed by atoms with Crippen LogP contribution in [0.4, 0.5) is 0 Å². The molecule has 0 saturated carbocycles. The molecule has 2 heterocycles. The fourth-order valence-electron chi connectivity index (χ4n) is 5.33. The number of para-hydroxylation sites is 1. The summed E-state index contributed by atoms with van der Waals surface area (Å²) in [6, 6.07) is 26.6. The number of hydrogen-bond donors (Lipinski definition) is 0. The van der Waals surface area contributed by atoms with E-state index in [0.717, 1.165) is 74.5 Å². The molecule has 0 radical (unpaired) electrons. The van der Waals surface area contributed by atoms with Crippen LogP contribution in [0.3, 0.4) is 0 Å². The summed E-state index contributed by atoms with van der Waals surface area (Å²) in [5.41, 5.74) is 5.16. The van der Waals surface area contributed by atoms with Gasteiger partial charge in [-0.2, -0.15) is 0 Å². The van der Waals surface area contributed by atoms with Gasteiger partial charge in [0, 0.05) is 34.7 Å². The highest BCUT2D eigenvalue weighted by Crippen LogP contribution is 2.44. The van der Waals surface area contributed by atoms with Crippen molar-refractivity contribution in [3.63, 3.8) is 0 Å². The summed E-state index contributed by atoms with van der Waals surface area (Å²) >= 11 is 0. The standard InChI is InChI=1S/C31H28O5/c1-32-21-8-6-7-19(13-21)14-30-25(24-12-11-22(33-2)17-29(24)34-3)15-20-16-31-26(18-28(20)36-30)23-9-4-5-10-27(23)35-31/h4-13,16-18,25,30H,14-15H2,1-3H3. The highest BCUT2D eigenvalue weighted by Gasteiger charge is 2.34. The molecule has 1 aliphatic rings. The minimum absolute atomic E-state index is 0.0754. The van der Waals surface area contributed by atoms with E-state index in [-0.39, 0.29) is 12.0 Å². The SMILES string of the molecule is COc1cccc(CC2Oc3cc4c(cc3CC2c2ccc(OC)cc2OC)oc2ccccc24)c1. The second-order valence-electron chi connectivity index (χ2n) is 9.18. The van der Waals surface area contributed by atoms with Crippen LogP contribution in [0.15, 0.2) is 83.3 Å². The van der Waals surface area contributed by atoms with Crippen LogP contribution < -0.4 is 18.9 Å². The molecule has 36 heavy (non-hydrogen) atoms. The summed E-state index contributed by atoms with van der Waals surface area (Å²) in [5, 5.41) is 2.17. The topological polar surface area (TPSA) is 50.1 Å². The molecule has 0 saturated heterocycles. The normalized spacial score (nSPS) is 17.0. The Morgan fingerprint density at radius 1 is 0.750 bits per heavy atom. The van der Waals surface area contributed by atoms with Gasteiger partial charge < -0.3 is 23.4 Å². The fourth-order valence-corrected chi connectivity index (χ4v) is 5.33. The van der Waals surface area contributed by atoms with Crippen molar-refractivity contribution in [2.45, 2.75) is 24.9 Å². The summed E-state index contributed by atoms with van der Waals surface area (Å²) in [7, 11) is 5.06. The lowest BCUT2D eigenvalue weighted by Crippen LogP contribution is -2.33. The van der Waals surface area contributed by atoms with Crippen LogP contribution in [-0.2, 0) is 12.8 Å². The van der Waals surface area contributed by atoms with Crippen molar-refractivity contribution in [1.82, 2.24) is 0 Å². The molecule has 2 unspecified atom stereocenters. The van der Waals surface area contributed by atoms with Crippen LogP contribution in [0, 0.1) is 0 Å². The van der Waals surface area contributed by atoms with Crippen molar-refractivity contribution < 1.29 is 23.4 Å². The zero-order valence-corrected chi connectivity index (χ0v) is 20.6. The average molecular weight is 481 g/mol. The number of hydrogen-bond acceptors (Lipinski definition) is 5. The first kappa shape index (κ1) is 22.4. The van der Waals surface area contributed by atoms with Gasteiger partial charge in [-0.3, -0.25) is 0 Å². The predicted octanol–water partition coefficient (Wildman–Crippen LogP) is 6.94. The minimum atomic E-state index is -0.0949. The van der Waals surface area contributed by atoms with E-state index >= 15 is 0 Å². The Balaban J connectivity index is 1.46. The molecular formula is C31H28O5. The lowest BCUT2D eigenvalue weighted by atomic mass is 9.81. The molecule has 1 aromatic heterocycles. The van der Waals surface area contributed by atoms with E-state index in [1.54, 1.807) is 21.3 Å². The number of fused-ring (bicyclic) bond motifs is 4. The third kappa shape index (κ3) is 3.91. The Hall–Kier alpha value is -4.12. The van der Waals surface area contributed by atoms with Crippen molar-refractivity contribution in [3.8, 4) is 23.0 Å². The summed E-state index contributed by atoms with van der Waals surface area (Å²) in [6.45, 7) is 0. The molecule has 0 fully saturated rings. The van der Waals surface area contributed by atoms with Gasteiger partial charge in [0.05, 0.1) is 21.3 Å². The fraction of sp³-hybridized carbons (Fsp3) is 0.226. The van der Waals surface area contributed by atoms with Gasteiger partial charge in [-0.05, 0) is 53.9 Å². The van der Waals surface area contributed by atoms with E-state index in [1.165, 1.54) is 0 Å². The molecule has 0 aliphatic carbocycles. The number of benzene rings is 4. The lowest BCUT2D eigenvalue weighted by Gasteiger charge is -2.35. The van der Waals surface area contributed by atoms with Gasteiger partial charge in [-0.25, -0.2) is 0 Å². The Labute approximate surface area is 210 Å². The van der Waals surface area contributed by atoms with Crippen molar-refractivity contribution in [2.75, 3.05) is 21.3 Å². The van der Waals surface area contributed by atoms with Gasteiger partial charge in [-0.15, -0.1) is 0 Å². The Morgan fingerprint density at radius 3 is 2.42 bits per heavy atom. The number of rotatable bonds is 6. The Morgan fingerprint density at radius 2 is 1.58 bits per heavy atom. The predicted molar refractivity (Wildman–Crippen MR) is 141 cm³/mol. The van der Waals surface area contributed by atoms with Crippen LogP contribution in [0.5, 0.6) is 23.0 Å². The van der Waals surface area contributed by atoms with E-state index < -0.39 is 0 Å². The summed E-state index contributed by atoms with van der Waals surface area (Å²) in [6.07, 6.45) is 1.45. The maximum absolute atomic E-state index is 6.79. The Kier molecular flexibility index (Phi) is 5.68. The van der Waals surface area contributed by atoms with Crippen LogP contribution >= 0.6 is 0 Å². The monoisotopic (exact) mass is 480 g/mol. The van der Waals surface area contributed by atoms with Gasteiger partial charge in [0.1, 0.15) is 40.3 Å². The smallest absolute Gasteiger partial charge is 0.135 e. The summed E-state index contributed by atoms with van der Waals surface area (Å²) < 4.78 is 29.7. The molecule has 6 rings (SSSR count). The van der Waals surface area contributed by atoms with E-state index in [2.05, 4.69) is 36.4 Å². The van der Waals surface area contributed by atoms with Gasteiger partial charge in [0.25, 0.3) is 0 Å². The van der Waals surface area contributed by atoms with Crippen molar-refractivity contribution >= 4 is 21.9 Å². The Bertz CT molecular complexity index is 1550. The first-order valence-corrected chi connectivity index (χ1v) is 12.1. The molecule has 0 bridgehead atoms. The lowest BCUT2D eigenvalue weighted by molar-refractivity contribution is 0.148. The second kappa shape index (κ2) is 9.15. The van der Waals surface area contributed by atoms with E-state index in [0.29, 0.717) is 0 Å². The largest absolute Gasteiger partial charge is 0.497 e. The third-order valence-corrected chi connectivity index (χ3v) is 7.14. The molecule has 0 amide bonds. The molecule has 5 aromatic rings. The number of furan rings is 1. The summed E-state index contributed by atoms with van der Waals surface area (Å²) in [4.78, 5) is 0. The zero-order valence-electron chi connectivity index (χ0n) is 20.6. The van der Waals surface area contributed by atoms with Crippen LogP contribution in [0.2, 0.25) is 0 Å². The maximum atomic E-state index is 6.79. The van der Waals surface area contributed by atoms with Crippen molar-refractivity contribution in [2.24, 2.45) is 0 Å². The molecule has 0 spiro atoms. The van der Waals surface area contributed by atoms with Crippen LogP contribution in [-0.4, -0.2) is 27.4 Å². The number of ether oxygens (including phenoxy) is 4. The summed E-state index contributed by atoms with van der Waals surface area (Å²) in [5.74, 6) is 3.39. The molecule has 1 aliphatic heterocycles. The molecular weight excluding hydrogens is 452 g/mol. The van der Waals surface area contributed by atoms with Crippen molar-refractivity contribution in [3.05, 3.63) is 95.6 Å². The average Bonchev–Trinajstić information content (AvgIpc) is 3.28. The first-order chi connectivity index (χ1) is 17.7. The second-order valence-corrected chi connectivity index (χ2v) is 9.18. The van der Waals surface area contributed by atoms with Gasteiger partial charge in [0.2, 0.25) is 0 Å².